The van der Waals surface area contributed by atoms with E-state index < -0.39 is 0 Å². The van der Waals surface area contributed by atoms with Crippen LogP contribution in [0.5, 0.6) is 0 Å². The zero-order chi connectivity index (χ0) is 12.2. The highest BCUT2D eigenvalue weighted by atomic mass is 14.9. The van der Waals surface area contributed by atoms with Crippen LogP contribution in [-0.4, -0.2) is 18.1 Å². The number of nitrogens with one attached hydrogen (secondary N) is 2. The van der Waals surface area contributed by atoms with E-state index in [0.717, 1.165) is 5.92 Å². The maximum atomic E-state index is 3.41. The zero-order valence-corrected chi connectivity index (χ0v) is 10.7. The summed E-state index contributed by atoms with van der Waals surface area (Å²) < 4.78 is 0. The third-order valence-corrected chi connectivity index (χ3v) is 3.85. The third kappa shape index (κ3) is 2.49. The molecule has 2 heterocycles. The Labute approximate surface area is 108 Å². The summed E-state index contributed by atoms with van der Waals surface area (Å²) in [5.41, 5.74) is 2.53. The van der Waals surface area contributed by atoms with Gasteiger partial charge in [0.2, 0.25) is 0 Å². The molecule has 1 aliphatic rings. The number of hydrogen-bond acceptors (Lipinski definition) is 1. The fourth-order valence-corrected chi connectivity index (χ4v) is 2.74. The summed E-state index contributed by atoms with van der Waals surface area (Å²) in [5.74, 6) is 0.868. The average molecular weight is 240 g/mol. The predicted octanol–water partition coefficient (Wildman–Crippen LogP) is 3.57. The number of para-hydroxylation sites is 1. The van der Waals surface area contributed by atoms with Crippen molar-refractivity contribution in [2.75, 3.05) is 13.1 Å². The monoisotopic (exact) mass is 240 g/mol. The number of allylic oxidation sites excluding steroid dienone is 1. The number of benzene rings is 1. The molecule has 2 N–H and O–H groups in total. The minimum atomic E-state index is 0.868. The molecule has 0 amide bonds. The molecule has 0 radical (unpaired) electrons. The van der Waals surface area contributed by atoms with E-state index in [1.165, 1.54) is 48.8 Å². The Kier molecular flexibility index (Phi) is 3.47. The maximum Gasteiger partial charge on any atom is 0.0460 e. The molecule has 2 heteroatoms. The van der Waals surface area contributed by atoms with Crippen molar-refractivity contribution in [3.05, 3.63) is 42.1 Å². The van der Waals surface area contributed by atoms with E-state index in [-0.39, 0.29) is 0 Å². The van der Waals surface area contributed by atoms with Crippen molar-refractivity contribution in [3.63, 3.8) is 0 Å². The van der Waals surface area contributed by atoms with Crippen LogP contribution in [0.1, 0.15) is 24.8 Å². The molecule has 1 aromatic heterocycles. The number of aromatic nitrogens is 1. The quantitative estimate of drug-likeness (QED) is 0.843. The second-order valence-corrected chi connectivity index (χ2v) is 5.12. The van der Waals surface area contributed by atoms with Gasteiger partial charge in [0.25, 0.3) is 0 Å². The highest BCUT2D eigenvalue weighted by Crippen LogP contribution is 2.21. The van der Waals surface area contributed by atoms with Crippen LogP contribution in [0, 0.1) is 5.92 Å². The van der Waals surface area contributed by atoms with Crippen molar-refractivity contribution in [1.82, 2.24) is 10.3 Å². The minimum Gasteiger partial charge on any atom is -0.361 e. The second kappa shape index (κ2) is 5.40. The second-order valence-electron chi connectivity index (χ2n) is 5.12. The van der Waals surface area contributed by atoms with E-state index >= 15 is 0 Å². The van der Waals surface area contributed by atoms with Crippen LogP contribution in [0.2, 0.25) is 0 Å². The molecule has 94 valence electrons. The molecule has 0 spiro atoms. The largest absolute Gasteiger partial charge is 0.361 e. The Bertz CT molecular complexity index is 533. The molecule has 0 saturated carbocycles. The first-order valence-electron chi connectivity index (χ1n) is 6.87. The van der Waals surface area contributed by atoms with Crippen molar-refractivity contribution in [2.24, 2.45) is 5.92 Å². The Morgan fingerprint density at radius 2 is 2.00 bits per heavy atom. The Hall–Kier alpha value is -1.54. The van der Waals surface area contributed by atoms with Crippen molar-refractivity contribution in [1.29, 1.82) is 0 Å². The highest BCUT2D eigenvalue weighted by Gasteiger charge is 2.10. The van der Waals surface area contributed by atoms with Gasteiger partial charge in [-0.25, -0.2) is 0 Å². The molecule has 2 aromatic rings. The van der Waals surface area contributed by atoms with E-state index in [2.05, 4.69) is 52.9 Å². The van der Waals surface area contributed by atoms with E-state index in [9.17, 15) is 0 Å². The van der Waals surface area contributed by atoms with Crippen molar-refractivity contribution >= 4 is 17.0 Å². The first-order chi connectivity index (χ1) is 8.93. The summed E-state index contributed by atoms with van der Waals surface area (Å²) in [6, 6.07) is 8.47. The summed E-state index contributed by atoms with van der Waals surface area (Å²) in [5, 5.41) is 4.73. The zero-order valence-electron chi connectivity index (χ0n) is 10.7. The summed E-state index contributed by atoms with van der Waals surface area (Å²) in [7, 11) is 0. The Morgan fingerprint density at radius 1 is 1.17 bits per heavy atom. The normalized spacial score (nSPS) is 17.8. The lowest BCUT2D eigenvalue weighted by atomic mass is 9.94. The van der Waals surface area contributed by atoms with E-state index in [1.807, 2.05) is 0 Å². The molecule has 2 nitrogen and oxygen atoms in total. The fourth-order valence-electron chi connectivity index (χ4n) is 2.74. The van der Waals surface area contributed by atoms with E-state index in [4.69, 9.17) is 0 Å². The van der Waals surface area contributed by atoms with Crippen LogP contribution in [0.25, 0.3) is 17.0 Å². The number of hydrogen-bond donors (Lipinski definition) is 2. The molecule has 1 aliphatic heterocycles. The number of fused-ring (bicyclic) bond motifs is 1. The summed E-state index contributed by atoms with van der Waals surface area (Å²) in [6.07, 6.45) is 10.5. The molecule has 0 aliphatic carbocycles. The molecule has 3 rings (SSSR count). The molecular formula is C16H20N2. The average Bonchev–Trinajstić information content (AvgIpc) is 2.84. The molecule has 0 unspecified atom stereocenters. The molecule has 1 aromatic carbocycles. The van der Waals surface area contributed by atoms with Crippen LogP contribution < -0.4 is 5.32 Å². The Balaban J connectivity index is 1.68. The number of piperidine rings is 1. The van der Waals surface area contributed by atoms with Crippen molar-refractivity contribution in [3.8, 4) is 0 Å². The van der Waals surface area contributed by atoms with Gasteiger partial charge in [-0.05, 0) is 49.9 Å². The van der Waals surface area contributed by atoms with Crippen LogP contribution in [0.15, 0.2) is 36.5 Å². The van der Waals surface area contributed by atoms with Gasteiger partial charge in [0.15, 0.2) is 0 Å². The van der Waals surface area contributed by atoms with Crippen LogP contribution in [0.4, 0.5) is 0 Å². The fraction of sp³-hybridized carbons (Fsp3) is 0.375. The third-order valence-electron chi connectivity index (χ3n) is 3.85. The first kappa shape index (κ1) is 11.5. The van der Waals surface area contributed by atoms with Gasteiger partial charge in [-0.15, -0.1) is 0 Å². The molecule has 0 bridgehead atoms. The molecule has 1 saturated heterocycles. The van der Waals surface area contributed by atoms with Crippen LogP contribution in [0.3, 0.4) is 0 Å². The van der Waals surface area contributed by atoms with Gasteiger partial charge in [0, 0.05) is 17.1 Å². The Morgan fingerprint density at radius 3 is 2.89 bits per heavy atom. The van der Waals surface area contributed by atoms with Crippen molar-refractivity contribution in [2.45, 2.75) is 19.3 Å². The highest BCUT2D eigenvalue weighted by molar-refractivity contribution is 5.88. The van der Waals surface area contributed by atoms with Gasteiger partial charge in [-0.1, -0.05) is 30.4 Å². The van der Waals surface area contributed by atoms with Crippen molar-refractivity contribution < 1.29 is 0 Å². The van der Waals surface area contributed by atoms with E-state index in [1.54, 1.807) is 0 Å². The van der Waals surface area contributed by atoms with Gasteiger partial charge in [0.05, 0.1) is 0 Å². The van der Waals surface area contributed by atoms with Gasteiger partial charge in [0.1, 0.15) is 0 Å². The van der Waals surface area contributed by atoms with Crippen LogP contribution >= 0.6 is 0 Å². The van der Waals surface area contributed by atoms with Gasteiger partial charge < -0.3 is 10.3 Å². The lowest BCUT2D eigenvalue weighted by molar-refractivity contribution is 0.378. The maximum absolute atomic E-state index is 3.41. The van der Waals surface area contributed by atoms with Gasteiger partial charge in [-0.3, -0.25) is 0 Å². The smallest absolute Gasteiger partial charge is 0.0460 e. The number of rotatable bonds is 3. The topological polar surface area (TPSA) is 27.8 Å². The summed E-state index contributed by atoms with van der Waals surface area (Å²) in [6.45, 7) is 2.37. The molecule has 0 atom stereocenters. The summed E-state index contributed by atoms with van der Waals surface area (Å²) >= 11 is 0. The van der Waals surface area contributed by atoms with E-state index in [0.29, 0.717) is 0 Å². The number of H-pyrrole nitrogens is 1. The lowest BCUT2D eigenvalue weighted by Crippen LogP contribution is -2.27. The van der Waals surface area contributed by atoms with Crippen LogP contribution in [-0.2, 0) is 0 Å². The van der Waals surface area contributed by atoms with Gasteiger partial charge in [-0.2, -0.15) is 0 Å². The SMILES string of the molecule is C(=Cc1c[nH]c2ccccc12)CC1CCNCC1. The first-order valence-corrected chi connectivity index (χ1v) is 6.87. The molecular weight excluding hydrogens is 220 g/mol. The summed E-state index contributed by atoms with van der Waals surface area (Å²) in [4.78, 5) is 3.32. The predicted molar refractivity (Wildman–Crippen MR) is 77.5 cm³/mol. The standard InChI is InChI=1S/C16H20N2/c1-2-7-16-15(6-1)14(12-18-16)5-3-4-13-8-10-17-11-9-13/h1-3,5-7,12-13,17-18H,4,8-11H2. The lowest BCUT2D eigenvalue weighted by Gasteiger charge is -2.20. The number of aromatic amines is 1. The van der Waals surface area contributed by atoms with Gasteiger partial charge >= 0.3 is 0 Å². The minimum absolute atomic E-state index is 0.868. The molecule has 1 fully saturated rings. The molecule has 18 heavy (non-hydrogen) atoms.